The number of anilines is 1. The van der Waals surface area contributed by atoms with Crippen molar-refractivity contribution < 1.29 is 0 Å². The molecule has 1 aromatic heterocycles. The number of hydrogen-bond acceptors (Lipinski definition) is 3. The van der Waals surface area contributed by atoms with Gasteiger partial charge in [-0.15, -0.1) is 0 Å². The molecule has 0 amide bonds. The number of rotatable bonds is 7. The van der Waals surface area contributed by atoms with Crippen LogP contribution in [-0.4, -0.2) is 40.6 Å². The molecule has 1 saturated carbocycles. The van der Waals surface area contributed by atoms with Gasteiger partial charge in [0.2, 0.25) is 5.95 Å². The highest BCUT2D eigenvalue weighted by atomic mass is 15.2. The predicted molar refractivity (Wildman–Crippen MR) is 85.2 cm³/mol. The van der Waals surface area contributed by atoms with E-state index in [2.05, 4.69) is 53.9 Å². The molecule has 1 heterocycles. The van der Waals surface area contributed by atoms with Crippen LogP contribution in [0, 0.1) is 6.92 Å². The predicted octanol–water partition coefficient (Wildman–Crippen LogP) is 3.28. The molecule has 4 heteroatoms. The van der Waals surface area contributed by atoms with Crippen molar-refractivity contribution in [1.29, 1.82) is 0 Å². The molecule has 1 aliphatic carbocycles. The van der Waals surface area contributed by atoms with E-state index < -0.39 is 0 Å². The van der Waals surface area contributed by atoms with Crippen molar-refractivity contribution in [3.63, 3.8) is 0 Å². The first kappa shape index (κ1) is 15.4. The molecule has 0 radical (unpaired) electrons. The third kappa shape index (κ3) is 3.35. The van der Waals surface area contributed by atoms with Crippen LogP contribution in [0.3, 0.4) is 0 Å². The Morgan fingerprint density at radius 1 is 1.35 bits per heavy atom. The molecule has 20 heavy (non-hydrogen) atoms. The number of aromatic nitrogens is 2. The van der Waals surface area contributed by atoms with Gasteiger partial charge in [-0.05, 0) is 40.3 Å². The summed E-state index contributed by atoms with van der Waals surface area (Å²) in [6.07, 6.45) is 9.91. The molecular formula is C16H30N4. The molecule has 0 aliphatic heterocycles. The molecule has 0 bridgehead atoms. The number of imidazole rings is 1. The Balaban J connectivity index is 2.11. The zero-order chi connectivity index (χ0) is 14.6. The average molecular weight is 278 g/mol. The summed E-state index contributed by atoms with van der Waals surface area (Å²) in [6.45, 7) is 6.37. The minimum absolute atomic E-state index is 0.314. The van der Waals surface area contributed by atoms with Gasteiger partial charge in [-0.3, -0.25) is 0 Å². The number of aryl methyl sites for hydroxylation is 1. The summed E-state index contributed by atoms with van der Waals surface area (Å²) < 4.78 is 2.33. The number of likely N-dealkylation sites (N-methyl/N-ethyl adjacent to an activating group) is 1. The quantitative estimate of drug-likeness (QED) is 0.777. The lowest BCUT2D eigenvalue weighted by Crippen LogP contribution is -2.45. The minimum Gasteiger partial charge on any atom is -0.356 e. The van der Waals surface area contributed by atoms with Crippen molar-refractivity contribution in [2.45, 2.75) is 64.5 Å². The van der Waals surface area contributed by atoms with Crippen LogP contribution < -0.4 is 5.32 Å². The Morgan fingerprint density at radius 2 is 2.05 bits per heavy atom. The standard InChI is InChI=1S/C16H30N4/c1-5-6-11-17-15-18-14(2)12-20(15)13-16(19(3)4)9-7-8-10-16/h12H,5-11,13H2,1-4H3,(H,17,18). The lowest BCUT2D eigenvalue weighted by atomic mass is 9.96. The maximum Gasteiger partial charge on any atom is 0.203 e. The van der Waals surface area contributed by atoms with E-state index >= 15 is 0 Å². The van der Waals surface area contributed by atoms with Crippen LogP contribution in [0.4, 0.5) is 5.95 Å². The van der Waals surface area contributed by atoms with Crippen LogP contribution in [0.15, 0.2) is 6.20 Å². The van der Waals surface area contributed by atoms with Crippen molar-refractivity contribution in [3.8, 4) is 0 Å². The molecule has 1 aliphatic rings. The van der Waals surface area contributed by atoms with E-state index in [1.807, 2.05) is 0 Å². The molecule has 0 atom stereocenters. The van der Waals surface area contributed by atoms with E-state index in [9.17, 15) is 0 Å². The molecular weight excluding hydrogens is 248 g/mol. The van der Waals surface area contributed by atoms with Crippen molar-refractivity contribution in [3.05, 3.63) is 11.9 Å². The van der Waals surface area contributed by atoms with Gasteiger partial charge < -0.3 is 14.8 Å². The third-order valence-electron chi connectivity index (χ3n) is 4.66. The normalized spacial score (nSPS) is 17.9. The maximum atomic E-state index is 4.65. The van der Waals surface area contributed by atoms with E-state index in [1.165, 1.54) is 38.5 Å². The van der Waals surface area contributed by atoms with Gasteiger partial charge in [0.05, 0.1) is 5.69 Å². The van der Waals surface area contributed by atoms with Crippen molar-refractivity contribution in [2.24, 2.45) is 0 Å². The van der Waals surface area contributed by atoms with Gasteiger partial charge in [0, 0.05) is 24.8 Å². The lowest BCUT2D eigenvalue weighted by molar-refractivity contribution is 0.134. The fourth-order valence-corrected chi connectivity index (χ4v) is 3.28. The van der Waals surface area contributed by atoms with Gasteiger partial charge in [0.25, 0.3) is 0 Å². The topological polar surface area (TPSA) is 33.1 Å². The second-order valence-corrected chi connectivity index (χ2v) is 6.44. The van der Waals surface area contributed by atoms with Crippen LogP contribution in [0.1, 0.15) is 51.1 Å². The largest absolute Gasteiger partial charge is 0.356 e. The summed E-state index contributed by atoms with van der Waals surface area (Å²) in [7, 11) is 4.44. The molecule has 1 aromatic rings. The average Bonchev–Trinajstić information content (AvgIpc) is 2.99. The van der Waals surface area contributed by atoms with Crippen LogP contribution in [0.25, 0.3) is 0 Å². The van der Waals surface area contributed by atoms with Gasteiger partial charge >= 0.3 is 0 Å². The second kappa shape index (κ2) is 6.61. The summed E-state index contributed by atoms with van der Waals surface area (Å²) in [5.74, 6) is 1.05. The number of nitrogens with zero attached hydrogens (tertiary/aromatic N) is 3. The third-order valence-corrected chi connectivity index (χ3v) is 4.66. The van der Waals surface area contributed by atoms with Crippen LogP contribution in [0.5, 0.6) is 0 Å². The summed E-state index contributed by atoms with van der Waals surface area (Å²) >= 11 is 0. The fourth-order valence-electron chi connectivity index (χ4n) is 3.28. The Kier molecular flexibility index (Phi) is 5.08. The molecule has 2 rings (SSSR count). The van der Waals surface area contributed by atoms with Gasteiger partial charge in [-0.2, -0.15) is 0 Å². The van der Waals surface area contributed by atoms with E-state index in [1.54, 1.807) is 0 Å². The number of unbranched alkanes of at least 4 members (excludes halogenated alkanes) is 1. The Labute approximate surface area is 123 Å². The zero-order valence-corrected chi connectivity index (χ0v) is 13.6. The monoisotopic (exact) mass is 278 g/mol. The van der Waals surface area contributed by atoms with Gasteiger partial charge in [0.1, 0.15) is 0 Å². The maximum absolute atomic E-state index is 4.65. The van der Waals surface area contributed by atoms with E-state index in [4.69, 9.17) is 0 Å². The Morgan fingerprint density at radius 3 is 2.65 bits per heavy atom. The molecule has 0 saturated heterocycles. The van der Waals surface area contributed by atoms with Crippen molar-refractivity contribution in [1.82, 2.24) is 14.5 Å². The first-order valence-electron chi connectivity index (χ1n) is 8.02. The highest BCUT2D eigenvalue weighted by molar-refractivity contribution is 5.29. The zero-order valence-electron chi connectivity index (χ0n) is 13.6. The summed E-state index contributed by atoms with van der Waals surface area (Å²) in [4.78, 5) is 7.07. The summed E-state index contributed by atoms with van der Waals surface area (Å²) in [5, 5.41) is 3.50. The van der Waals surface area contributed by atoms with E-state index in [0.29, 0.717) is 5.54 Å². The first-order chi connectivity index (χ1) is 9.57. The molecule has 0 spiro atoms. The fraction of sp³-hybridized carbons (Fsp3) is 0.812. The number of hydrogen-bond donors (Lipinski definition) is 1. The first-order valence-corrected chi connectivity index (χ1v) is 8.02. The minimum atomic E-state index is 0.314. The Bertz CT molecular complexity index is 416. The SMILES string of the molecule is CCCCNc1nc(C)cn1CC1(N(C)C)CCCC1. The van der Waals surface area contributed by atoms with Crippen LogP contribution in [0.2, 0.25) is 0 Å². The highest BCUT2D eigenvalue weighted by Crippen LogP contribution is 2.35. The molecule has 1 fully saturated rings. The molecule has 1 N–H and O–H groups in total. The van der Waals surface area contributed by atoms with Crippen LogP contribution >= 0.6 is 0 Å². The van der Waals surface area contributed by atoms with Crippen LogP contribution in [-0.2, 0) is 6.54 Å². The lowest BCUT2D eigenvalue weighted by Gasteiger charge is -2.37. The summed E-state index contributed by atoms with van der Waals surface area (Å²) in [5.41, 5.74) is 1.42. The van der Waals surface area contributed by atoms with Gasteiger partial charge in [-0.25, -0.2) is 4.98 Å². The van der Waals surface area contributed by atoms with Crippen molar-refractivity contribution in [2.75, 3.05) is 26.0 Å². The van der Waals surface area contributed by atoms with E-state index in [-0.39, 0.29) is 0 Å². The molecule has 0 aromatic carbocycles. The van der Waals surface area contributed by atoms with Gasteiger partial charge in [0.15, 0.2) is 0 Å². The molecule has 4 nitrogen and oxygen atoms in total. The number of nitrogens with one attached hydrogen (secondary N) is 1. The molecule has 0 unspecified atom stereocenters. The Hall–Kier alpha value is -1.03. The van der Waals surface area contributed by atoms with Crippen molar-refractivity contribution >= 4 is 5.95 Å². The molecule has 114 valence electrons. The second-order valence-electron chi connectivity index (χ2n) is 6.44. The smallest absolute Gasteiger partial charge is 0.203 e. The van der Waals surface area contributed by atoms with Gasteiger partial charge in [-0.1, -0.05) is 26.2 Å². The summed E-state index contributed by atoms with van der Waals surface area (Å²) in [6, 6.07) is 0. The highest BCUT2D eigenvalue weighted by Gasteiger charge is 2.36. The van der Waals surface area contributed by atoms with E-state index in [0.717, 1.165) is 24.7 Å².